The lowest BCUT2D eigenvalue weighted by Gasteiger charge is -2.06. The van der Waals surface area contributed by atoms with E-state index in [1.54, 1.807) is 6.07 Å². The van der Waals surface area contributed by atoms with Gasteiger partial charge in [0.2, 0.25) is 5.78 Å². The average Bonchev–Trinajstić information content (AvgIpc) is 2.88. The number of pyridine rings is 1. The fourth-order valence-electron chi connectivity index (χ4n) is 2.28. The summed E-state index contributed by atoms with van der Waals surface area (Å²) in [6, 6.07) is 8.78. The van der Waals surface area contributed by atoms with Crippen LogP contribution >= 0.6 is 0 Å². The topological polar surface area (TPSA) is 45.8 Å². The molecule has 0 bridgehead atoms. The molecule has 2 aromatic heterocycles. The Hall–Kier alpha value is -2.63. The van der Waals surface area contributed by atoms with Gasteiger partial charge < -0.3 is 4.98 Å². The third kappa shape index (κ3) is 2.47. The van der Waals surface area contributed by atoms with E-state index in [1.807, 2.05) is 19.1 Å². The Kier molecular flexibility index (Phi) is 3.24. The standard InChI is InChI=1S/C16H11F3N2O/c1-9-5-6-10-11(8-20-13(10)7-9)15(22)12-3-2-4-14(21-12)16(17,18)19/h2-8,20H,1H3. The van der Waals surface area contributed by atoms with Crippen LogP contribution in [0.1, 0.15) is 27.3 Å². The number of carbonyl (C=O) groups excluding carboxylic acids is 1. The summed E-state index contributed by atoms with van der Waals surface area (Å²) in [4.78, 5) is 18.8. The smallest absolute Gasteiger partial charge is 0.360 e. The molecule has 6 heteroatoms. The molecule has 3 nitrogen and oxygen atoms in total. The molecule has 0 fully saturated rings. The van der Waals surface area contributed by atoms with Crippen LogP contribution in [0.3, 0.4) is 0 Å². The molecule has 1 N–H and O–H groups in total. The van der Waals surface area contributed by atoms with E-state index in [1.165, 1.54) is 18.3 Å². The number of ketones is 1. The molecule has 0 saturated heterocycles. The van der Waals surface area contributed by atoms with E-state index in [0.717, 1.165) is 17.1 Å². The predicted molar refractivity (Wildman–Crippen MR) is 75.7 cm³/mol. The number of carbonyl (C=O) groups is 1. The number of aryl methyl sites for hydroxylation is 1. The van der Waals surface area contributed by atoms with Crippen molar-refractivity contribution >= 4 is 16.7 Å². The molecule has 3 rings (SSSR count). The summed E-state index contributed by atoms with van der Waals surface area (Å²) in [6.07, 6.45) is -3.08. The number of fused-ring (bicyclic) bond motifs is 1. The molecular formula is C16H11F3N2O. The molecule has 22 heavy (non-hydrogen) atoms. The van der Waals surface area contributed by atoms with Gasteiger partial charge in [0.15, 0.2) is 0 Å². The van der Waals surface area contributed by atoms with Crippen molar-refractivity contribution in [2.24, 2.45) is 0 Å². The van der Waals surface area contributed by atoms with Gasteiger partial charge in [-0.2, -0.15) is 13.2 Å². The van der Waals surface area contributed by atoms with Crippen LogP contribution in [0.25, 0.3) is 10.9 Å². The van der Waals surface area contributed by atoms with Crippen molar-refractivity contribution in [3.8, 4) is 0 Å². The van der Waals surface area contributed by atoms with Crippen molar-refractivity contribution in [2.45, 2.75) is 13.1 Å². The van der Waals surface area contributed by atoms with E-state index in [-0.39, 0.29) is 5.69 Å². The fraction of sp³-hybridized carbons (Fsp3) is 0.125. The maximum absolute atomic E-state index is 12.7. The first-order valence-electron chi connectivity index (χ1n) is 6.53. The fourth-order valence-corrected chi connectivity index (χ4v) is 2.28. The lowest BCUT2D eigenvalue weighted by Crippen LogP contribution is -2.12. The van der Waals surface area contributed by atoms with Crippen molar-refractivity contribution in [2.75, 3.05) is 0 Å². The lowest BCUT2D eigenvalue weighted by atomic mass is 10.1. The molecule has 0 aliphatic carbocycles. The van der Waals surface area contributed by atoms with Crippen molar-refractivity contribution < 1.29 is 18.0 Å². The van der Waals surface area contributed by atoms with Gasteiger partial charge in [-0.25, -0.2) is 4.98 Å². The number of rotatable bonds is 2. The number of aromatic amines is 1. The molecule has 0 aliphatic rings. The minimum absolute atomic E-state index is 0.226. The van der Waals surface area contributed by atoms with Crippen LogP contribution in [0.5, 0.6) is 0 Å². The molecular weight excluding hydrogens is 293 g/mol. The molecule has 2 heterocycles. The highest BCUT2D eigenvalue weighted by Crippen LogP contribution is 2.28. The number of hydrogen-bond donors (Lipinski definition) is 1. The first-order chi connectivity index (χ1) is 10.4. The van der Waals surface area contributed by atoms with Gasteiger partial charge in [0.25, 0.3) is 0 Å². The zero-order chi connectivity index (χ0) is 15.9. The predicted octanol–water partition coefficient (Wildman–Crippen LogP) is 4.12. The number of nitrogens with zero attached hydrogens (tertiary/aromatic N) is 1. The normalized spacial score (nSPS) is 11.8. The van der Waals surface area contributed by atoms with Crippen LogP contribution < -0.4 is 0 Å². The molecule has 112 valence electrons. The lowest BCUT2D eigenvalue weighted by molar-refractivity contribution is -0.141. The van der Waals surface area contributed by atoms with Crippen LogP contribution in [0.4, 0.5) is 13.2 Å². The van der Waals surface area contributed by atoms with Crippen molar-refractivity contribution in [1.82, 2.24) is 9.97 Å². The number of H-pyrrole nitrogens is 1. The SMILES string of the molecule is Cc1ccc2c(C(=O)c3cccc(C(F)(F)F)n3)c[nH]c2c1. The zero-order valence-corrected chi connectivity index (χ0v) is 11.5. The Balaban J connectivity index is 2.06. The van der Waals surface area contributed by atoms with Crippen LogP contribution in [0.2, 0.25) is 0 Å². The van der Waals surface area contributed by atoms with Gasteiger partial charge in [-0.1, -0.05) is 18.2 Å². The van der Waals surface area contributed by atoms with E-state index in [0.29, 0.717) is 10.9 Å². The van der Waals surface area contributed by atoms with E-state index < -0.39 is 17.7 Å². The van der Waals surface area contributed by atoms with Gasteiger partial charge in [-0.3, -0.25) is 4.79 Å². The van der Waals surface area contributed by atoms with Crippen LogP contribution in [0, 0.1) is 6.92 Å². The maximum Gasteiger partial charge on any atom is 0.433 e. The number of aromatic nitrogens is 2. The third-order valence-electron chi connectivity index (χ3n) is 3.35. The van der Waals surface area contributed by atoms with Crippen LogP contribution in [-0.4, -0.2) is 15.8 Å². The summed E-state index contributed by atoms with van der Waals surface area (Å²) < 4.78 is 38.1. The Labute approximate surface area is 123 Å². The van der Waals surface area contributed by atoms with Gasteiger partial charge in [0.1, 0.15) is 11.4 Å². The number of benzene rings is 1. The Morgan fingerprint density at radius 3 is 2.68 bits per heavy atom. The third-order valence-corrected chi connectivity index (χ3v) is 3.35. The maximum atomic E-state index is 12.7. The minimum Gasteiger partial charge on any atom is -0.360 e. The van der Waals surface area contributed by atoms with Crippen LogP contribution in [0.15, 0.2) is 42.6 Å². The van der Waals surface area contributed by atoms with Crippen LogP contribution in [-0.2, 0) is 6.18 Å². The Morgan fingerprint density at radius 2 is 1.95 bits per heavy atom. The second-order valence-electron chi connectivity index (χ2n) is 4.99. The van der Waals surface area contributed by atoms with Crippen molar-refractivity contribution in [1.29, 1.82) is 0 Å². The minimum atomic E-state index is -4.58. The summed E-state index contributed by atoms with van der Waals surface area (Å²) in [6.45, 7) is 1.91. The number of nitrogens with one attached hydrogen (secondary N) is 1. The molecule has 0 radical (unpaired) electrons. The largest absolute Gasteiger partial charge is 0.433 e. The summed E-state index contributed by atoms with van der Waals surface area (Å²) in [7, 11) is 0. The van der Waals surface area contributed by atoms with E-state index in [4.69, 9.17) is 0 Å². The Morgan fingerprint density at radius 1 is 1.18 bits per heavy atom. The van der Waals surface area contributed by atoms with Gasteiger partial charge in [-0.15, -0.1) is 0 Å². The molecule has 0 atom stereocenters. The van der Waals surface area contributed by atoms with Crippen molar-refractivity contribution in [3.05, 3.63) is 65.1 Å². The summed E-state index contributed by atoms with van der Waals surface area (Å²) in [5.74, 6) is -0.541. The molecule has 0 spiro atoms. The van der Waals surface area contributed by atoms with Gasteiger partial charge in [0, 0.05) is 22.7 Å². The molecule has 0 unspecified atom stereocenters. The van der Waals surface area contributed by atoms with Gasteiger partial charge in [-0.05, 0) is 30.7 Å². The second kappa shape index (κ2) is 4.98. The molecule has 1 aromatic carbocycles. The quantitative estimate of drug-likeness (QED) is 0.724. The van der Waals surface area contributed by atoms with E-state index in [2.05, 4.69) is 9.97 Å². The first kappa shape index (κ1) is 14.3. The highest BCUT2D eigenvalue weighted by Gasteiger charge is 2.33. The first-order valence-corrected chi connectivity index (χ1v) is 6.53. The number of alkyl halides is 3. The molecule has 0 aliphatic heterocycles. The second-order valence-corrected chi connectivity index (χ2v) is 4.99. The summed E-state index contributed by atoms with van der Waals surface area (Å²) in [5.41, 5.74) is 0.785. The monoisotopic (exact) mass is 304 g/mol. The van der Waals surface area contributed by atoms with Gasteiger partial charge in [0.05, 0.1) is 0 Å². The highest BCUT2D eigenvalue weighted by atomic mass is 19.4. The highest BCUT2D eigenvalue weighted by molar-refractivity contribution is 6.15. The van der Waals surface area contributed by atoms with Crippen molar-refractivity contribution in [3.63, 3.8) is 0 Å². The van der Waals surface area contributed by atoms with E-state index in [9.17, 15) is 18.0 Å². The molecule has 0 saturated carbocycles. The molecule has 0 amide bonds. The van der Waals surface area contributed by atoms with Gasteiger partial charge >= 0.3 is 6.18 Å². The summed E-state index contributed by atoms with van der Waals surface area (Å²) in [5, 5.41) is 0.662. The average molecular weight is 304 g/mol. The number of hydrogen-bond acceptors (Lipinski definition) is 2. The summed E-state index contributed by atoms with van der Waals surface area (Å²) >= 11 is 0. The Bertz CT molecular complexity index is 865. The zero-order valence-electron chi connectivity index (χ0n) is 11.5. The number of halogens is 3. The van der Waals surface area contributed by atoms with E-state index >= 15 is 0 Å². The molecule has 3 aromatic rings.